The third kappa shape index (κ3) is 8.55. The number of hydrogen-bond acceptors (Lipinski definition) is 1. The average Bonchev–Trinajstić information content (AvgIpc) is 2.97. The van der Waals surface area contributed by atoms with Crippen molar-refractivity contribution in [1.82, 2.24) is 0 Å². The molecule has 0 amide bonds. The van der Waals surface area contributed by atoms with Crippen LogP contribution in [0.25, 0.3) is 11.1 Å². The van der Waals surface area contributed by atoms with Gasteiger partial charge in [0.05, 0.1) is 0 Å². The second kappa shape index (κ2) is 11.7. The van der Waals surface area contributed by atoms with Crippen molar-refractivity contribution in [2.45, 2.75) is 39.7 Å². The van der Waals surface area contributed by atoms with E-state index in [1.807, 2.05) is 26.8 Å². The Kier molecular flexibility index (Phi) is 9.27. The summed E-state index contributed by atoms with van der Waals surface area (Å²) in [4.78, 5) is 1.31. The molecule has 0 saturated heterocycles. The van der Waals surface area contributed by atoms with Crippen LogP contribution in [-0.2, 0) is 6.42 Å². The Labute approximate surface area is 191 Å². The van der Waals surface area contributed by atoms with Gasteiger partial charge >= 0.3 is 0 Å². The maximum absolute atomic E-state index is 5.58. The van der Waals surface area contributed by atoms with E-state index in [0.717, 1.165) is 23.3 Å². The lowest BCUT2D eigenvalue weighted by Crippen LogP contribution is -2.32. The minimum Gasteiger partial charge on any atom is -0.322 e. The molecule has 0 aromatic heterocycles. The maximum Gasteiger partial charge on any atom is 0.0306 e. The van der Waals surface area contributed by atoms with E-state index in [0.29, 0.717) is 0 Å². The van der Waals surface area contributed by atoms with Crippen LogP contribution in [0.1, 0.15) is 33.3 Å². The summed E-state index contributed by atoms with van der Waals surface area (Å²) in [5.74, 6) is 5.44. The van der Waals surface area contributed by atoms with Crippen molar-refractivity contribution in [3.63, 3.8) is 0 Å². The zero-order valence-corrected chi connectivity index (χ0v) is 20.1. The SMILES string of the molecule is C=C(C)C(C)(C)N.C=S(CCc1ccc(-c2ccccc2)cc1)C1=CC=C=C(C)C=C1. The molecular weight excluding hydrogens is 394 g/mol. The Balaban J connectivity index is 0.000000423. The molecule has 162 valence electrons. The van der Waals surface area contributed by atoms with Crippen LogP contribution in [0.15, 0.2) is 107 Å². The first kappa shape index (κ1) is 24.6. The first-order valence-electron chi connectivity index (χ1n) is 10.6. The first-order valence-corrected chi connectivity index (χ1v) is 12.1. The van der Waals surface area contributed by atoms with Gasteiger partial charge in [-0.25, -0.2) is 0 Å². The van der Waals surface area contributed by atoms with Gasteiger partial charge in [0, 0.05) is 10.4 Å². The van der Waals surface area contributed by atoms with Crippen molar-refractivity contribution < 1.29 is 0 Å². The predicted octanol–water partition coefficient (Wildman–Crippen LogP) is 7.45. The molecule has 0 spiro atoms. The van der Waals surface area contributed by atoms with Gasteiger partial charge in [-0.15, -0.1) is 5.73 Å². The Bertz CT molecular complexity index is 1020. The predicted molar refractivity (Wildman–Crippen MR) is 143 cm³/mol. The second-order valence-corrected chi connectivity index (χ2v) is 10.3. The van der Waals surface area contributed by atoms with E-state index in [-0.39, 0.29) is 16.0 Å². The van der Waals surface area contributed by atoms with Gasteiger partial charge < -0.3 is 5.73 Å². The van der Waals surface area contributed by atoms with Gasteiger partial charge in [-0.1, -0.05) is 78.7 Å². The highest BCUT2D eigenvalue weighted by atomic mass is 32.2. The van der Waals surface area contributed by atoms with E-state index < -0.39 is 0 Å². The van der Waals surface area contributed by atoms with E-state index >= 15 is 0 Å². The number of aryl methyl sites for hydroxylation is 1. The van der Waals surface area contributed by atoms with Crippen LogP contribution in [0, 0.1) is 0 Å². The molecule has 2 aromatic carbocycles. The molecule has 0 heterocycles. The summed E-state index contributed by atoms with van der Waals surface area (Å²) in [5.41, 5.74) is 14.7. The first-order chi connectivity index (χ1) is 14.7. The summed E-state index contributed by atoms with van der Waals surface area (Å²) in [6.07, 6.45) is 9.50. The minimum atomic E-state index is -0.194. The topological polar surface area (TPSA) is 26.0 Å². The molecule has 31 heavy (non-hydrogen) atoms. The van der Waals surface area contributed by atoms with Gasteiger partial charge in [-0.3, -0.25) is 0 Å². The van der Waals surface area contributed by atoms with E-state index in [1.165, 1.54) is 21.6 Å². The van der Waals surface area contributed by atoms with Crippen LogP contribution < -0.4 is 5.73 Å². The van der Waals surface area contributed by atoms with Gasteiger partial charge in [0.2, 0.25) is 0 Å². The van der Waals surface area contributed by atoms with Gasteiger partial charge in [0.1, 0.15) is 0 Å². The minimum absolute atomic E-state index is 0.0154. The Morgan fingerprint density at radius 3 is 2.16 bits per heavy atom. The summed E-state index contributed by atoms with van der Waals surface area (Å²) in [7, 11) is 0.0154. The van der Waals surface area contributed by atoms with Crippen molar-refractivity contribution in [3.05, 3.63) is 113 Å². The number of benzene rings is 2. The third-order valence-corrected chi connectivity index (χ3v) is 6.82. The summed E-state index contributed by atoms with van der Waals surface area (Å²) in [6.45, 7) is 11.6. The highest BCUT2D eigenvalue weighted by Crippen LogP contribution is 2.27. The molecule has 0 saturated carbocycles. The van der Waals surface area contributed by atoms with Gasteiger partial charge in [0.25, 0.3) is 0 Å². The van der Waals surface area contributed by atoms with Crippen molar-refractivity contribution >= 4 is 16.4 Å². The van der Waals surface area contributed by atoms with Crippen LogP contribution in [0.3, 0.4) is 0 Å². The lowest BCUT2D eigenvalue weighted by atomic mass is 9.99. The lowest BCUT2D eigenvalue weighted by Gasteiger charge is -2.17. The highest BCUT2D eigenvalue weighted by Gasteiger charge is 2.09. The molecule has 3 rings (SSSR count). The zero-order chi connectivity index (χ0) is 22.9. The highest BCUT2D eigenvalue weighted by molar-refractivity contribution is 8.17. The fourth-order valence-electron chi connectivity index (χ4n) is 2.61. The van der Waals surface area contributed by atoms with Crippen LogP contribution in [0.2, 0.25) is 0 Å². The Morgan fingerprint density at radius 2 is 1.58 bits per heavy atom. The monoisotopic (exact) mass is 429 g/mol. The van der Waals surface area contributed by atoms with Gasteiger partial charge in [-0.2, -0.15) is 10.5 Å². The number of nitrogens with two attached hydrogens (primary N) is 1. The molecule has 1 unspecified atom stereocenters. The molecule has 0 bridgehead atoms. The summed E-state index contributed by atoms with van der Waals surface area (Å²) in [5, 5.41) is 0. The van der Waals surface area contributed by atoms with Crippen molar-refractivity contribution in [2.24, 2.45) is 5.73 Å². The molecule has 2 N–H and O–H groups in total. The molecule has 2 heteroatoms. The fraction of sp³-hybridized carbons (Fsp3) is 0.241. The van der Waals surface area contributed by atoms with E-state index in [1.54, 1.807) is 0 Å². The molecule has 1 atom stereocenters. The van der Waals surface area contributed by atoms with Gasteiger partial charge in [0.15, 0.2) is 0 Å². The molecule has 1 nitrogen and oxygen atoms in total. The van der Waals surface area contributed by atoms with Gasteiger partial charge in [-0.05, 0) is 80.4 Å². The average molecular weight is 430 g/mol. The summed E-state index contributed by atoms with van der Waals surface area (Å²) < 4.78 is 0. The molecule has 0 radical (unpaired) electrons. The van der Waals surface area contributed by atoms with Crippen molar-refractivity contribution in [3.8, 4) is 11.1 Å². The molecule has 0 aliphatic heterocycles. The molecular formula is C29H35NS. The summed E-state index contributed by atoms with van der Waals surface area (Å²) in [6, 6.07) is 19.4. The zero-order valence-electron chi connectivity index (χ0n) is 19.3. The lowest BCUT2D eigenvalue weighted by molar-refractivity contribution is 0.614. The van der Waals surface area contributed by atoms with Crippen LogP contribution in [-0.4, -0.2) is 17.2 Å². The van der Waals surface area contributed by atoms with E-state index in [4.69, 9.17) is 5.73 Å². The normalized spacial score (nSPS) is 14.0. The molecule has 2 aromatic rings. The van der Waals surface area contributed by atoms with Crippen molar-refractivity contribution in [1.29, 1.82) is 0 Å². The van der Waals surface area contributed by atoms with Crippen molar-refractivity contribution in [2.75, 3.05) is 5.75 Å². The van der Waals surface area contributed by atoms with E-state index in [2.05, 4.69) is 97.9 Å². The van der Waals surface area contributed by atoms with Crippen LogP contribution >= 0.6 is 10.5 Å². The quantitative estimate of drug-likeness (QED) is 0.288. The third-order valence-electron chi connectivity index (χ3n) is 5.19. The molecule has 0 fully saturated rings. The maximum atomic E-state index is 5.58. The standard InChI is InChI=1S/C23H22S.C6H13N/c1-19-7-6-10-23(16-11-19)24(2)18-17-20-12-14-22(15-13-20)21-8-4-3-5-9-21;1-5(2)6(3,4)7/h3-6,8-16H,2,17-18H2,1H3;1,7H2,2-4H3. The van der Waals surface area contributed by atoms with E-state index in [9.17, 15) is 0 Å². The fourth-order valence-corrected chi connectivity index (χ4v) is 3.85. The largest absolute Gasteiger partial charge is 0.322 e. The number of allylic oxidation sites excluding steroid dienone is 4. The summed E-state index contributed by atoms with van der Waals surface area (Å²) >= 11 is 0. The Hall–Kier alpha value is -2.64. The van der Waals surface area contributed by atoms with Crippen LogP contribution in [0.4, 0.5) is 0 Å². The Morgan fingerprint density at radius 1 is 1.00 bits per heavy atom. The smallest absolute Gasteiger partial charge is 0.0306 e. The number of rotatable bonds is 6. The van der Waals surface area contributed by atoms with Crippen LogP contribution in [0.5, 0.6) is 0 Å². The molecule has 1 aliphatic rings. The molecule has 1 aliphatic carbocycles. The second-order valence-electron chi connectivity index (χ2n) is 8.41. The number of hydrogen-bond donors (Lipinski definition) is 1.